The van der Waals surface area contributed by atoms with E-state index in [9.17, 15) is 23.4 Å². The summed E-state index contributed by atoms with van der Waals surface area (Å²) >= 11 is 8.22. The predicted octanol–water partition coefficient (Wildman–Crippen LogP) is 2.67. The van der Waals surface area contributed by atoms with Gasteiger partial charge in [-0.1, -0.05) is 24.5 Å². The molecule has 1 N–H and O–H groups in total. The van der Waals surface area contributed by atoms with Gasteiger partial charge in [0.1, 0.15) is 36.1 Å². The third-order valence-electron chi connectivity index (χ3n) is 7.24. The number of aryl methyl sites for hydroxylation is 1. The van der Waals surface area contributed by atoms with E-state index in [-0.39, 0.29) is 24.1 Å². The monoisotopic (exact) mass is 665 g/mol. The van der Waals surface area contributed by atoms with Crippen LogP contribution in [0.5, 0.6) is 5.88 Å². The van der Waals surface area contributed by atoms with Gasteiger partial charge in [-0.25, -0.2) is 28.5 Å². The molecule has 228 valence electrons. The Morgan fingerprint density at radius 3 is 2.64 bits per heavy atom. The van der Waals surface area contributed by atoms with Crippen LogP contribution in [0.1, 0.15) is 19.1 Å². The van der Waals surface area contributed by atoms with Crippen LogP contribution in [0.25, 0.3) is 11.0 Å². The van der Waals surface area contributed by atoms with Crippen molar-refractivity contribution in [2.45, 2.75) is 49.6 Å². The van der Waals surface area contributed by atoms with Gasteiger partial charge in [-0.15, -0.1) is 0 Å². The number of aliphatic hydroxyl groups excluding tert-OH is 1. The maximum atomic E-state index is 14.9. The molecule has 5 heterocycles. The van der Waals surface area contributed by atoms with Gasteiger partial charge in [0.25, 0.3) is 5.56 Å². The Hall–Kier alpha value is -1.85. The van der Waals surface area contributed by atoms with Crippen LogP contribution in [0, 0.1) is 11.7 Å². The summed E-state index contributed by atoms with van der Waals surface area (Å²) in [5, 5.41) is 10.8. The third-order valence-corrected chi connectivity index (χ3v) is 10.5. The minimum absolute atomic E-state index is 0.106. The van der Waals surface area contributed by atoms with Crippen molar-refractivity contribution in [2.24, 2.45) is 13.0 Å². The molecule has 0 radical (unpaired) electrons. The summed E-state index contributed by atoms with van der Waals surface area (Å²) < 4.78 is 78.2. The summed E-state index contributed by atoms with van der Waals surface area (Å²) in [6.45, 7) is -8.98. The van der Waals surface area contributed by atoms with Gasteiger partial charge in [-0.3, -0.25) is 18.4 Å². The van der Waals surface area contributed by atoms with E-state index in [4.69, 9.17) is 27.6 Å². The van der Waals surface area contributed by atoms with Gasteiger partial charge in [-0.05, 0) is 6.42 Å². The molecule has 1 aliphatic carbocycles. The van der Waals surface area contributed by atoms with Crippen molar-refractivity contribution in [3.8, 4) is 5.88 Å². The third kappa shape index (κ3) is 6.07. The van der Waals surface area contributed by atoms with Crippen LogP contribution in [0.2, 0.25) is 0 Å². The molecular weight excluding hydrogens is 639 g/mol. The average molecular weight is 666 g/mol. The maximum absolute atomic E-state index is 14.9. The number of rotatable bonds is 3. The van der Waals surface area contributed by atoms with Gasteiger partial charge >= 0.3 is 13.6 Å². The Morgan fingerprint density at radius 2 is 1.88 bits per heavy atom. The zero-order chi connectivity index (χ0) is 29.8. The number of thiol groups is 2. The van der Waals surface area contributed by atoms with Crippen molar-refractivity contribution in [2.75, 3.05) is 13.2 Å². The molecular formula is C22H26FN5O10P2S2. The molecule has 3 aliphatic rings. The van der Waals surface area contributed by atoms with Crippen LogP contribution in [-0.2, 0) is 39.0 Å². The number of hydrogen-bond donors (Lipinski definition) is 3. The summed E-state index contributed by atoms with van der Waals surface area (Å²) in [5.41, 5.74) is -0.760. The molecule has 15 nitrogen and oxygen atoms in total. The molecule has 1 saturated carbocycles. The lowest BCUT2D eigenvalue weighted by Crippen LogP contribution is -2.35. The molecule has 2 aliphatic heterocycles. The predicted molar refractivity (Wildman–Crippen MR) is 149 cm³/mol. The minimum atomic E-state index is -4.22. The smallest absolute Gasteiger partial charge is 0.386 e. The summed E-state index contributed by atoms with van der Waals surface area (Å²) in [5.74, 6) is -1.06. The highest BCUT2D eigenvalue weighted by Crippen LogP contribution is 2.60. The van der Waals surface area contributed by atoms with Crippen LogP contribution in [-0.4, -0.2) is 72.9 Å². The largest absolute Gasteiger partial charge is 0.474 e. The highest BCUT2D eigenvalue weighted by Gasteiger charge is 2.51. The van der Waals surface area contributed by atoms with E-state index in [0.717, 1.165) is 15.3 Å². The Morgan fingerprint density at radius 1 is 1.12 bits per heavy atom. The van der Waals surface area contributed by atoms with Crippen molar-refractivity contribution in [1.82, 2.24) is 24.1 Å². The standard InChI is InChI=1S/C22H26FN5O10P2S2/c1-27-10-26-20-17(21(27)30)13(23)6-28(20)22-19-18(29)15(36-22)8-34-39(31,41)37-14-5-12(35-16-2-3-24-9-25-16)4-11(14)7-33-40(32,42)38-19/h2-3,6,9-12,14-15,18-19,22,29H,4-5,7-8H2,1H3,(H,31,41)(H,32,42)/t11-,12-,14+,15-,18-,19-,22-,39+,40+/m1/s1. The number of fused-ring (bicyclic) bond motifs is 4. The molecule has 20 heteroatoms. The Bertz CT molecular complexity index is 1630. The fraction of sp³-hybridized carbons (Fsp3) is 0.545. The highest BCUT2D eigenvalue weighted by molar-refractivity contribution is 8.44. The van der Waals surface area contributed by atoms with Crippen LogP contribution < -0.4 is 10.3 Å². The summed E-state index contributed by atoms with van der Waals surface area (Å²) in [4.78, 5) is 24.6. The average Bonchev–Trinajstić information content (AvgIpc) is 3.57. The zero-order valence-corrected chi connectivity index (χ0v) is 25.4. The van der Waals surface area contributed by atoms with Crippen molar-refractivity contribution >= 4 is 49.1 Å². The molecule has 3 fully saturated rings. The lowest BCUT2D eigenvalue weighted by Gasteiger charge is -2.26. The van der Waals surface area contributed by atoms with Crippen molar-refractivity contribution in [3.05, 3.63) is 47.3 Å². The van der Waals surface area contributed by atoms with Crippen LogP contribution in [0.3, 0.4) is 0 Å². The molecule has 6 rings (SSSR count). The fourth-order valence-corrected chi connectivity index (χ4v) is 8.33. The van der Waals surface area contributed by atoms with Gasteiger partial charge in [0.15, 0.2) is 17.7 Å². The van der Waals surface area contributed by atoms with Gasteiger partial charge in [0.05, 0.1) is 25.6 Å². The van der Waals surface area contributed by atoms with Crippen molar-refractivity contribution in [1.29, 1.82) is 0 Å². The van der Waals surface area contributed by atoms with E-state index >= 15 is 0 Å². The summed E-state index contributed by atoms with van der Waals surface area (Å²) in [7, 11) is 1.41. The fourth-order valence-electron chi connectivity index (χ4n) is 5.27. The second kappa shape index (κ2) is 11.6. The number of aromatic nitrogens is 5. The summed E-state index contributed by atoms with van der Waals surface area (Å²) in [6, 6.07) is 1.58. The quantitative estimate of drug-likeness (QED) is 0.275. The maximum Gasteiger partial charge on any atom is 0.386 e. The van der Waals surface area contributed by atoms with Crippen molar-refractivity contribution in [3.63, 3.8) is 0 Å². The molecule has 9 atom stereocenters. The van der Waals surface area contributed by atoms with Gasteiger partial charge in [0.2, 0.25) is 5.88 Å². The molecule has 2 bridgehead atoms. The zero-order valence-electron chi connectivity index (χ0n) is 21.8. The molecule has 0 aromatic carbocycles. The molecule has 3 aromatic heterocycles. The molecule has 0 unspecified atom stereocenters. The number of ether oxygens (including phenoxy) is 2. The summed E-state index contributed by atoms with van der Waals surface area (Å²) in [6.07, 6.45) is -1.18. The van der Waals surface area contributed by atoms with E-state index < -0.39 is 74.2 Å². The first-order chi connectivity index (χ1) is 19.9. The lowest BCUT2D eigenvalue weighted by atomic mass is 10.1. The molecule has 0 amide bonds. The number of halogens is 1. The van der Waals surface area contributed by atoms with Gasteiger partial charge in [-0.2, -0.15) is 0 Å². The topological polar surface area (TPSA) is 175 Å². The van der Waals surface area contributed by atoms with Crippen molar-refractivity contribution < 1.29 is 46.2 Å². The number of aliphatic hydroxyl groups is 1. The van der Waals surface area contributed by atoms with E-state index in [1.165, 1.54) is 25.9 Å². The molecule has 2 saturated heterocycles. The first-order valence-corrected chi connectivity index (χ1v) is 18.1. The SMILES string of the molecule is Cn1cnc2c(c(F)cn2[C@@H]2O[C@@H]3CO[P@](=O)(S)O[C@H]4C[C@H](Oc5ccncn5)C[C@@H]4CO[P@](=O)(S)O[C@@H]2[C@@H]3O)c1=O. The van der Waals surface area contributed by atoms with E-state index in [2.05, 4.69) is 39.4 Å². The second-order valence-electron chi connectivity index (χ2n) is 10.1. The number of hydrogen-bond acceptors (Lipinski definition) is 13. The molecule has 0 spiro atoms. The van der Waals surface area contributed by atoms with Crippen LogP contribution >= 0.6 is 38.1 Å². The number of nitrogens with zero attached hydrogens (tertiary/aromatic N) is 5. The first-order valence-electron chi connectivity index (χ1n) is 12.7. The highest BCUT2D eigenvalue weighted by atomic mass is 32.7. The van der Waals surface area contributed by atoms with Crippen LogP contribution in [0.15, 0.2) is 35.9 Å². The van der Waals surface area contributed by atoms with Gasteiger partial charge < -0.3 is 28.2 Å². The van der Waals surface area contributed by atoms with Gasteiger partial charge in [0, 0.05) is 37.8 Å². The Labute approximate surface area is 248 Å². The minimum Gasteiger partial charge on any atom is -0.474 e. The molecule has 3 aromatic rings. The Balaban J connectivity index is 1.29. The first kappa shape index (κ1) is 30.2. The van der Waals surface area contributed by atoms with E-state index in [1.807, 2.05) is 0 Å². The van der Waals surface area contributed by atoms with Crippen LogP contribution in [0.4, 0.5) is 4.39 Å². The molecule has 42 heavy (non-hydrogen) atoms. The lowest BCUT2D eigenvalue weighted by molar-refractivity contribution is -0.0487. The van der Waals surface area contributed by atoms with E-state index in [0.29, 0.717) is 12.3 Å². The normalized spacial score (nSPS) is 37.5. The Kier molecular flexibility index (Phi) is 8.32. The van der Waals surface area contributed by atoms with E-state index in [1.54, 1.807) is 6.07 Å². The second-order valence-corrected chi connectivity index (χ2v) is 15.8.